The van der Waals surface area contributed by atoms with Crippen LogP contribution in [0.4, 0.5) is 0 Å². The number of hydrogen-bond donors (Lipinski definition) is 0. The maximum absolute atomic E-state index is 6.06. The molecule has 3 rings (SSSR count). The Bertz CT molecular complexity index is 749. The Kier molecular flexibility index (Phi) is 3.93. The van der Waals surface area contributed by atoms with Crippen molar-refractivity contribution in [2.75, 3.05) is 0 Å². The molecule has 0 aliphatic carbocycles. The molecule has 21 heavy (non-hydrogen) atoms. The number of rotatable bonds is 4. The van der Waals surface area contributed by atoms with E-state index in [-0.39, 0.29) is 0 Å². The molecule has 0 aliphatic rings. The number of aryl methyl sites for hydroxylation is 1. The molecule has 0 amide bonds. The first-order valence-electron chi connectivity index (χ1n) is 7.12. The lowest BCUT2D eigenvalue weighted by Crippen LogP contribution is -2.09. The molecule has 2 aromatic heterocycles. The van der Waals surface area contributed by atoms with Crippen LogP contribution in [0.25, 0.3) is 11.2 Å². The number of hydrogen-bond acceptors (Lipinski definition) is 2. The highest BCUT2D eigenvalue weighted by molar-refractivity contribution is 6.16. The Hall–Kier alpha value is -1.87. The Morgan fingerprint density at radius 3 is 2.57 bits per heavy atom. The highest BCUT2D eigenvalue weighted by Gasteiger charge is 2.14. The molecule has 0 radical (unpaired) electrons. The molecule has 0 saturated heterocycles. The van der Waals surface area contributed by atoms with Gasteiger partial charge in [-0.25, -0.2) is 9.97 Å². The average Bonchev–Trinajstić information content (AvgIpc) is 2.85. The maximum atomic E-state index is 6.06. The maximum Gasteiger partial charge on any atom is 0.160 e. The summed E-state index contributed by atoms with van der Waals surface area (Å²) in [5, 5.41) is 0. The number of halogens is 1. The SMILES string of the molecule is Cc1ccc2nc(CCl)n(CC(C)c3ccccc3)c2n1. The summed E-state index contributed by atoms with van der Waals surface area (Å²) in [6.07, 6.45) is 0. The first-order chi connectivity index (χ1) is 10.2. The summed E-state index contributed by atoms with van der Waals surface area (Å²) in [7, 11) is 0. The molecule has 1 unspecified atom stereocenters. The minimum Gasteiger partial charge on any atom is -0.311 e. The van der Waals surface area contributed by atoms with Gasteiger partial charge in [0.1, 0.15) is 11.3 Å². The van der Waals surface area contributed by atoms with Gasteiger partial charge in [-0.15, -0.1) is 11.6 Å². The van der Waals surface area contributed by atoms with Crippen LogP contribution in [0.5, 0.6) is 0 Å². The molecule has 2 heterocycles. The monoisotopic (exact) mass is 299 g/mol. The highest BCUT2D eigenvalue weighted by Crippen LogP contribution is 2.22. The van der Waals surface area contributed by atoms with Crippen molar-refractivity contribution in [2.45, 2.75) is 32.2 Å². The zero-order chi connectivity index (χ0) is 14.8. The molecule has 0 N–H and O–H groups in total. The molecule has 108 valence electrons. The first-order valence-corrected chi connectivity index (χ1v) is 7.66. The smallest absolute Gasteiger partial charge is 0.160 e. The van der Waals surface area contributed by atoms with Gasteiger partial charge in [0.25, 0.3) is 0 Å². The molecule has 0 saturated carbocycles. The van der Waals surface area contributed by atoms with Gasteiger partial charge in [0, 0.05) is 12.2 Å². The third kappa shape index (κ3) is 2.79. The number of alkyl halides is 1. The van der Waals surface area contributed by atoms with E-state index in [4.69, 9.17) is 11.6 Å². The number of fused-ring (bicyclic) bond motifs is 1. The second-order valence-corrected chi connectivity index (χ2v) is 5.65. The number of aromatic nitrogens is 3. The van der Waals surface area contributed by atoms with E-state index >= 15 is 0 Å². The van der Waals surface area contributed by atoms with Crippen LogP contribution in [0, 0.1) is 6.92 Å². The van der Waals surface area contributed by atoms with Gasteiger partial charge in [-0.05, 0) is 30.5 Å². The minimum absolute atomic E-state index is 0.382. The lowest BCUT2D eigenvalue weighted by atomic mass is 10.0. The van der Waals surface area contributed by atoms with E-state index in [1.54, 1.807) is 0 Å². The van der Waals surface area contributed by atoms with Crippen molar-refractivity contribution in [1.82, 2.24) is 14.5 Å². The van der Waals surface area contributed by atoms with Crippen molar-refractivity contribution in [3.8, 4) is 0 Å². The van der Waals surface area contributed by atoms with E-state index in [2.05, 4.69) is 45.7 Å². The van der Waals surface area contributed by atoms with Gasteiger partial charge in [0.2, 0.25) is 0 Å². The van der Waals surface area contributed by atoms with Crippen LogP contribution in [0.3, 0.4) is 0 Å². The minimum atomic E-state index is 0.382. The molecular formula is C17H18ClN3. The van der Waals surface area contributed by atoms with Crippen LogP contribution >= 0.6 is 11.6 Å². The Morgan fingerprint density at radius 1 is 1.10 bits per heavy atom. The molecule has 1 aromatic carbocycles. The summed E-state index contributed by atoms with van der Waals surface area (Å²) < 4.78 is 2.15. The number of nitrogens with zero attached hydrogens (tertiary/aromatic N) is 3. The van der Waals surface area contributed by atoms with Gasteiger partial charge in [0.05, 0.1) is 5.88 Å². The van der Waals surface area contributed by atoms with Crippen LogP contribution in [0.15, 0.2) is 42.5 Å². The van der Waals surface area contributed by atoms with E-state index in [0.717, 1.165) is 29.2 Å². The molecular weight excluding hydrogens is 282 g/mol. The summed E-state index contributed by atoms with van der Waals surface area (Å²) in [5.74, 6) is 1.66. The van der Waals surface area contributed by atoms with E-state index in [9.17, 15) is 0 Å². The topological polar surface area (TPSA) is 30.7 Å². The second kappa shape index (κ2) is 5.86. The van der Waals surface area contributed by atoms with Crippen molar-refractivity contribution < 1.29 is 0 Å². The van der Waals surface area contributed by atoms with Crippen molar-refractivity contribution in [2.24, 2.45) is 0 Å². The van der Waals surface area contributed by atoms with E-state index < -0.39 is 0 Å². The number of pyridine rings is 1. The predicted molar refractivity (Wildman–Crippen MR) is 86.7 cm³/mol. The second-order valence-electron chi connectivity index (χ2n) is 5.38. The Balaban J connectivity index is 2.01. The molecule has 4 heteroatoms. The van der Waals surface area contributed by atoms with Gasteiger partial charge in [-0.1, -0.05) is 37.3 Å². The third-order valence-corrected chi connectivity index (χ3v) is 3.99. The molecule has 0 spiro atoms. The fourth-order valence-electron chi connectivity index (χ4n) is 2.60. The van der Waals surface area contributed by atoms with E-state index in [1.165, 1.54) is 5.56 Å². The fourth-order valence-corrected chi connectivity index (χ4v) is 2.80. The van der Waals surface area contributed by atoms with Crippen LogP contribution in [0.1, 0.15) is 29.9 Å². The third-order valence-electron chi connectivity index (χ3n) is 3.76. The normalized spacial score (nSPS) is 12.7. The molecule has 3 aromatic rings. The standard InChI is InChI=1S/C17H18ClN3/c1-12(14-6-4-3-5-7-14)11-21-16(10-18)20-15-9-8-13(2)19-17(15)21/h3-9,12H,10-11H2,1-2H3. The summed E-state index contributed by atoms with van der Waals surface area (Å²) in [4.78, 5) is 9.22. The molecule has 0 aliphatic heterocycles. The molecule has 0 fully saturated rings. The average molecular weight is 300 g/mol. The van der Waals surface area contributed by atoms with Crippen molar-refractivity contribution >= 4 is 22.8 Å². The van der Waals surface area contributed by atoms with Crippen LogP contribution in [-0.2, 0) is 12.4 Å². The Morgan fingerprint density at radius 2 is 1.86 bits per heavy atom. The fraction of sp³-hybridized carbons (Fsp3) is 0.294. The zero-order valence-corrected chi connectivity index (χ0v) is 13.0. The Labute approximate surface area is 129 Å². The largest absolute Gasteiger partial charge is 0.311 e. The van der Waals surface area contributed by atoms with Crippen LogP contribution in [-0.4, -0.2) is 14.5 Å². The van der Waals surface area contributed by atoms with E-state index in [1.807, 2.05) is 25.1 Å². The van der Waals surface area contributed by atoms with Gasteiger partial charge in [-0.3, -0.25) is 0 Å². The number of benzene rings is 1. The van der Waals surface area contributed by atoms with Crippen LogP contribution < -0.4 is 0 Å². The quantitative estimate of drug-likeness (QED) is 0.673. The zero-order valence-electron chi connectivity index (χ0n) is 12.3. The summed E-state index contributed by atoms with van der Waals surface area (Å²) in [6.45, 7) is 5.05. The first kappa shape index (κ1) is 14.1. The van der Waals surface area contributed by atoms with Gasteiger partial charge < -0.3 is 4.57 Å². The van der Waals surface area contributed by atoms with E-state index in [0.29, 0.717) is 11.8 Å². The predicted octanol–water partition coefficient (Wildman–Crippen LogP) is 4.28. The highest BCUT2D eigenvalue weighted by atomic mass is 35.5. The molecule has 0 bridgehead atoms. The van der Waals surface area contributed by atoms with Crippen molar-refractivity contribution in [1.29, 1.82) is 0 Å². The van der Waals surface area contributed by atoms with Crippen LogP contribution in [0.2, 0.25) is 0 Å². The summed E-state index contributed by atoms with van der Waals surface area (Å²) in [6, 6.07) is 14.5. The summed E-state index contributed by atoms with van der Waals surface area (Å²) >= 11 is 6.06. The van der Waals surface area contributed by atoms with Crippen molar-refractivity contribution in [3.05, 3.63) is 59.5 Å². The molecule has 3 nitrogen and oxygen atoms in total. The lowest BCUT2D eigenvalue weighted by molar-refractivity contribution is 0.591. The van der Waals surface area contributed by atoms with Gasteiger partial charge in [0.15, 0.2) is 5.65 Å². The summed E-state index contributed by atoms with van der Waals surface area (Å²) in [5.41, 5.74) is 4.15. The van der Waals surface area contributed by atoms with Gasteiger partial charge >= 0.3 is 0 Å². The lowest BCUT2D eigenvalue weighted by Gasteiger charge is -2.15. The van der Waals surface area contributed by atoms with Crippen molar-refractivity contribution in [3.63, 3.8) is 0 Å². The molecule has 1 atom stereocenters. The number of imidazole rings is 1. The van der Waals surface area contributed by atoms with Gasteiger partial charge in [-0.2, -0.15) is 0 Å².